The van der Waals surface area contributed by atoms with Crippen LogP contribution in [0.3, 0.4) is 0 Å². The molecule has 0 aliphatic rings. The Morgan fingerprint density at radius 2 is 1.52 bits per heavy atom. The van der Waals surface area contributed by atoms with Crippen molar-refractivity contribution < 1.29 is 9.90 Å². The SMILES string of the molecule is CC(C)N(Cc1ccccc1)[C@H](C(=O)O)c1ccccc1. The molecule has 0 heterocycles. The molecule has 1 atom stereocenters. The van der Waals surface area contributed by atoms with E-state index in [4.69, 9.17) is 0 Å². The minimum Gasteiger partial charge on any atom is -0.480 e. The molecule has 3 heteroatoms. The quantitative estimate of drug-likeness (QED) is 0.878. The van der Waals surface area contributed by atoms with Gasteiger partial charge in [0.05, 0.1) is 0 Å². The summed E-state index contributed by atoms with van der Waals surface area (Å²) in [5.41, 5.74) is 1.93. The Balaban J connectivity index is 2.32. The molecule has 0 unspecified atom stereocenters. The van der Waals surface area contributed by atoms with E-state index in [1.54, 1.807) is 0 Å². The lowest BCUT2D eigenvalue weighted by Gasteiger charge is -2.32. The summed E-state index contributed by atoms with van der Waals surface area (Å²) in [5, 5.41) is 9.68. The molecule has 2 rings (SSSR count). The van der Waals surface area contributed by atoms with E-state index in [-0.39, 0.29) is 6.04 Å². The molecule has 0 amide bonds. The number of aliphatic carboxylic acids is 1. The molecule has 0 spiro atoms. The Kier molecular flexibility index (Phi) is 5.12. The normalized spacial score (nSPS) is 12.6. The summed E-state index contributed by atoms with van der Waals surface area (Å²) in [7, 11) is 0. The molecule has 3 nitrogen and oxygen atoms in total. The van der Waals surface area contributed by atoms with Crippen molar-refractivity contribution in [2.75, 3.05) is 0 Å². The van der Waals surface area contributed by atoms with Gasteiger partial charge in [-0.15, -0.1) is 0 Å². The third-order valence-corrected chi connectivity index (χ3v) is 3.55. The largest absolute Gasteiger partial charge is 0.480 e. The number of carboxylic acid groups (broad SMARTS) is 1. The maximum Gasteiger partial charge on any atom is 0.325 e. The van der Waals surface area contributed by atoms with Gasteiger partial charge in [-0.1, -0.05) is 60.7 Å². The third kappa shape index (κ3) is 3.92. The Labute approximate surface area is 125 Å². The molecule has 2 aromatic rings. The number of carbonyl (C=O) groups is 1. The maximum atomic E-state index is 11.8. The number of nitrogens with zero attached hydrogens (tertiary/aromatic N) is 1. The van der Waals surface area contributed by atoms with E-state index in [0.29, 0.717) is 6.54 Å². The highest BCUT2D eigenvalue weighted by molar-refractivity contribution is 5.75. The summed E-state index contributed by atoms with van der Waals surface area (Å²) in [4.78, 5) is 13.8. The fourth-order valence-electron chi connectivity index (χ4n) is 2.48. The van der Waals surface area contributed by atoms with E-state index in [1.165, 1.54) is 0 Å². The van der Waals surface area contributed by atoms with Gasteiger partial charge in [0, 0.05) is 12.6 Å². The summed E-state index contributed by atoms with van der Waals surface area (Å²) in [6.07, 6.45) is 0. The van der Waals surface area contributed by atoms with Gasteiger partial charge in [0.15, 0.2) is 0 Å². The summed E-state index contributed by atoms with van der Waals surface area (Å²) in [6.45, 7) is 4.67. The van der Waals surface area contributed by atoms with Crippen LogP contribution in [0.2, 0.25) is 0 Å². The zero-order valence-corrected chi connectivity index (χ0v) is 12.4. The van der Waals surface area contributed by atoms with Gasteiger partial charge in [-0.3, -0.25) is 9.69 Å². The van der Waals surface area contributed by atoms with Crippen molar-refractivity contribution >= 4 is 5.97 Å². The highest BCUT2D eigenvalue weighted by Crippen LogP contribution is 2.25. The number of hydrogen-bond acceptors (Lipinski definition) is 2. The molecular weight excluding hydrogens is 262 g/mol. The van der Waals surface area contributed by atoms with Gasteiger partial charge >= 0.3 is 5.97 Å². The van der Waals surface area contributed by atoms with E-state index in [2.05, 4.69) is 0 Å². The van der Waals surface area contributed by atoms with Crippen LogP contribution in [-0.2, 0) is 11.3 Å². The molecule has 0 radical (unpaired) electrons. The molecule has 0 aliphatic carbocycles. The van der Waals surface area contributed by atoms with Gasteiger partial charge in [0.2, 0.25) is 0 Å². The van der Waals surface area contributed by atoms with Crippen LogP contribution in [0.25, 0.3) is 0 Å². The highest BCUT2D eigenvalue weighted by Gasteiger charge is 2.29. The van der Waals surface area contributed by atoms with Crippen LogP contribution in [0.1, 0.15) is 31.0 Å². The van der Waals surface area contributed by atoms with Crippen LogP contribution in [0.5, 0.6) is 0 Å². The van der Waals surface area contributed by atoms with Gasteiger partial charge in [0.25, 0.3) is 0 Å². The average Bonchev–Trinajstić information content (AvgIpc) is 2.48. The lowest BCUT2D eigenvalue weighted by Crippen LogP contribution is -2.38. The fourth-order valence-corrected chi connectivity index (χ4v) is 2.48. The first-order valence-electron chi connectivity index (χ1n) is 7.17. The van der Waals surface area contributed by atoms with Crippen LogP contribution in [0, 0.1) is 0 Å². The molecule has 0 bridgehead atoms. The standard InChI is InChI=1S/C18H21NO2/c1-14(2)19(13-15-9-5-3-6-10-15)17(18(20)21)16-11-7-4-8-12-16/h3-12,14,17H,13H2,1-2H3,(H,20,21)/t17-/m0/s1. The predicted octanol–water partition coefficient (Wildman–Crippen LogP) is 3.72. The lowest BCUT2D eigenvalue weighted by atomic mass is 10.0. The van der Waals surface area contributed by atoms with Crippen molar-refractivity contribution in [2.45, 2.75) is 32.5 Å². The van der Waals surface area contributed by atoms with Crippen molar-refractivity contribution in [3.63, 3.8) is 0 Å². The smallest absolute Gasteiger partial charge is 0.325 e. The van der Waals surface area contributed by atoms with Crippen LogP contribution in [0.15, 0.2) is 60.7 Å². The molecule has 0 aliphatic heterocycles. The monoisotopic (exact) mass is 283 g/mol. The first-order valence-corrected chi connectivity index (χ1v) is 7.17. The highest BCUT2D eigenvalue weighted by atomic mass is 16.4. The number of rotatable bonds is 6. The predicted molar refractivity (Wildman–Crippen MR) is 83.9 cm³/mol. The summed E-state index contributed by atoms with van der Waals surface area (Å²) >= 11 is 0. The maximum absolute atomic E-state index is 11.8. The molecule has 0 fully saturated rings. The van der Waals surface area contributed by atoms with Crippen molar-refractivity contribution in [1.82, 2.24) is 4.90 Å². The van der Waals surface area contributed by atoms with Gasteiger partial charge in [-0.2, -0.15) is 0 Å². The van der Waals surface area contributed by atoms with Gasteiger partial charge in [-0.25, -0.2) is 0 Å². The summed E-state index contributed by atoms with van der Waals surface area (Å²) in [6, 6.07) is 18.9. The fraction of sp³-hybridized carbons (Fsp3) is 0.278. The average molecular weight is 283 g/mol. The van der Waals surface area contributed by atoms with Crippen LogP contribution < -0.4 is 0 Å². The van der Waals surface area contributed by atoms with Gasteiger partial charge in [-0.05, 0) is 25.0 Å². The number of carboxylic acids is 1. The van der Waals surface area contributed by atoms with E-state index >= 15 is 0 Å². The third-order valence-electron chi connectivity index (χ3n) is 3.55. The van der Waals surface area contributed by atoms with Crippen LogP contribution in [-0.4, -0.2) is 22.0 Å². The molecule has 2 aromatic carbocycles. The molecule has 21 heavy (non-hydrogen) atoms. The second kappa shape index (κ2) is 7.04. The second-order valence-electron chi connectivity index (χ2n) is 5.40. The van der Waals surface area contributed by atoms with E-state index < -0.39 is 12.0 Å². The minimum absolute atomic E-state index is 0.131. The molecule has 1 N–H and O–H groups in total. The van der Waals surface area contributed by atoms with Crippen molar-refractivity contribution in [1.29, 1.82) is 0 Å². The van der Waals surface area contributed by atoms with E-state index in [0.717, 1.165) is 11.1 Å². The first kappa shape index (κ1) is 15.3. The molecule has 0 saturated heterocycles. The van der Waals surface area contributed by atoms with Gasteiger partial charge in [0.1, 0.15) is 6.04 Å². The van der Waals surface area contributed by atoms with Crippen LogP contribution >= 0.6 is 0 Å². The summed E-state index contributed by atoms with van der Waals surface area (Å²) in [5.74, 6) is -0.814. The van der Waals surface area contributed by atoms with Gasteiger partial charge < -0.3 is 5.11 Å². The Bertz CT molecular complexity index is 566. The Morgan fingerprint density at radius 1 is 1.00 bits per heavy atom. The molecule has 0 saturated carbocycles. The Hall–Kier alpha value is -2.13. The van der Waals surface area contributed by atoms with Crippen molar-refractivity contribution in [2.24, 2.45) is 0 Å². The van der Waals surface area contributed by atoms with Crippen molar-refractivity contribution in [3.8, 4) is 0 Å². The molecule has 0 aromatic heterocycles. The molecule has 110 valence electrons. The topological polar surface area (TPSA) is 40.5 Å². The number of benzene rings is 2. The van der Waals surface area contributed by atoms with Crippen molar-refractivity contribution in [3.05, 3.63) is 71.8 Å². The summed E-state index contributed by atoms with van der Waals surface area (Å²) < 4.78 is 0. The number of hydrogen-bond donors (Lipinski definition) is 1. The lowest BCUT2D eigenvalue weighted by molar-refractivity contribution is -0.144. The Morgan fingerprint density at radius 3 is 2.00 bits per heavy atom. The molecular formula is C18H21NO2. The second-order valence-corrected chi connectivity index (χ2v) is 5.40. The zero-order valence-electron chi connectivity index (χ0n) is 12.4. The minimum atomic E-state index is -0.814. The zero-order chi connectivity index (χ0) is 15.2. The van der Waals surface area contributed by atoms with E-state index in [9.17, 15) is 9.90 Å². The first-order chi connectivity index (χ1) is 10.1. The van der Waals surface area contributed by atoms with E-state index in [1.807, 2.05) is 79.4 Å². The van der Waals surface area contributed by atoms with Crippen LogP contribution in [0.4, 0.5) is 0 Å².